The van der Waals surface area contributed by atoms with Crippen molar-refractivity contribution in [2.24, 2.45) is 0 Å². The number of fused-ring (bicyclic) bond motifs is 1. The van der Waals surface area contributed by atoms with Crippen molar-refractivity contribution < 1.29 is 9.53 Å². The average molecular weight is 279 g/mol. The van der Waals surface area contributed by atoms with Crippen LogP contribution in [0.1, 0.15) is 10.4 Å². The van der Waals surface area contributed by atoms with E-state index in [9.17, 15) is 4.79 Å². The number of nitrogens with zero attached hydrogens (tertiary/aromatic N) is 2. The number of nitrogens with one attached hydrogen (secondary N) is 1. The minimum atomic E-state index is -0.131. The molecule has 2 aromatic carbocycles. The Morgan fingerprint density at radius 3 is 2.57 bits per heavy atom. The molecule has 3 rings (SSSR count). The summed E-state index contributed by atoms with van der Waals surface area (Å²) in [6, 6.07) is 14.5. The van der Waals surface area contributed by atoms with Gasteiger partial charge in [-0.05, 0) is 36.4 Å². The highest BCUT2D eigenvalue weighted by atomic mass is 16.5. The van der Waals surface area contributed by atoms with Crippen molar-refractivity contribution in [3.8, 4) is 11.6 Å². The number of ether oxygens (including phenoxy) is 1. The molecular formula is C16H13N3O2. The zero-order valence-electron chi connectivity index (χ0n) is 11.4. The Kier molecular flexibility index (Phi) is 3.47. The first-order chi connectivity index (χ1) is 10.3. The van der Waals surface area contributed by atoms with Gasteiger partial charge in [0.15, 0.2) is 0 Å². The van der Waals surface area contributed by atoms with Crippen LogP contribution in [0.5, 0.6) is 11.6 Å². The number of para-hydroxylation sites is 1. The second kappa shape index (κ2) is 5.58. The largest absolute Gasteiger partial charge is 0.438 e. The summed E-state index contributed by atoms with van der Waals surface area (Å²) in [5.74, 6) is 0.980. The fraction of sp³-hybridized carbons (Fsp3) is 0.0625. The van der Waals surface area contributed by atoms with E-state index in [1.54, 1.807) is 31.3 Å². The highest BCUT2D eigenvalue weighted by molar-refractivity contribution is 5.94. The fourth-order valence-corrected chi connectivity index (χ4v) is 1.99. The van der Waals surface area contributed by atoms with Gasteiger partial charge in [0.2, 0.25) is 5.88 Å². The molecule has 0 saturated heterocycles. The molecule has 0 saturated carbocycles. The first-order valence-corrected chi connectivity index (χ1v) is 6.47. The standard InChI is InChI=1S/C16H13N3O2/c1-17-15(20)11-6-8-12(9-7-11)21-16-13-4-2-3-5-14(13)18-10-19-16/h2-10H,1H3,(H,17,20). The quantitative estimate of drug-likeness (QED) is 0.800. The van der Waals surface area contributed by atoms with Crippen molar-refractivity contribution in [1.29, 1.82) is 0 Å². The first kappa shape index (κ1) is 13.1. The lowest BCUT2D eigenvalue weighted by molar-refractivity contribution is 0.0963. The average Bonchev–Trinajstić information content (AvgIpc) is 2.55. The molecule has 1 aromatic heterocycles. The predicted molar refractivity (Wildman–Crippen MR) is 79.4 cm³/mol. The van der Waals surface area contributed by atoms with Crippen LogP contribution in [0.15, 0.2) is 54.9 Å². The van der Waals surface area contributed by atoms with Crippen LogP contribution in [0, 0.1) is 0 Å². The van der Waals surface area contributed by atoms with Crippen LogP contribution in [0.3, 0.4) is 0 Å². The van der Waals surface area contributed by atoms with E-state index in [1.165, 1.54) is 6.33 Å². The molecule has 0 atom stereocenters. The third kappa shape index (κ3) is 2.67. The third-order valence-corrected chi connectivity index (χ3v) is 3.06. The lowest BCUT2D eigenvalue weighted by Gasteiger charge is -2.07. The van der Waals surface area contributed by atoms with Gasteiger partial charge in [-0.2, -0.15) is 0 Å². The molecule has 0 aliphatic heterocycles. The number of benzene rings is 2. The molecule has 0 unspecified atom stereocenters. The van der Waals surface area contributed by atoms with Gasteiger partial charge in [0.25, 0.3) is 5.91 Å². The second-order valence-corrected chi connectivity index (χ2v) is 4.40. The Morgan fingerprint density at radius 1 is 1.05 bits per heavy atom. The molecule has 104 valence electrons. The Labute approximate surface area is 121 Å². The number of hydrogen-bond acceptors (Lipinski definition) is 4. The summed E-state index contributed by atoms with van der Waals surface area (Å²) in [6.45, 7) is 0. The molecule has 1 amide bonds. The lowest BCUT2D eigenvalue weighted by Crippen LogP contribution is -2.17. The van der Waals surface area contributed by atoms with Gasteiger partial charge in [0, 0.05) is 12.6 Å². The van der Waals surface area contributed by atoms with E-state index in [1.807, 2.05) is 24.3 Å². The van der Waals surface area contributed by atoms with Crippen LogP contribution in [0.25, 0.3) is 10.9 Å². The molecule has 3 aromatic rings. The summed E-state index contributed by atoms with van der Waals surface area (Å²) >= 11 is 0. The minimum Gasteiger partial charge on any atom is -0.438 e. The van der Waals surface area contributed by atoms with Gasteiger partial charge in [-0.25, -0.2) is 9.97 Å². The lowest BCUT2D eigenvalue weighted by atomic mass is 10.2. The van der Waals surface area contributed by atoms with Crippen molar-refractivity contribution in [2.75, 3.05) is 7.05 Å². The SMILES string of the molecule is CNC(=O)c1ccc(Oc2ncnc3ccccc23)cc1. The van der Waals surface area contributed by atoms with Crippen molar-refractivity contribution in [3.05, 3.63) is 60.4 Å². The normalized spacial score (nSPS) is 10.3. The van der Waals surface area contributed by atoms with Crippen LogP contribution < -0.4 is 10.1 Å². The monoisotopic (exact) mass is 279 g/mol. The molecular weight excluding hydrogens is 266 g/mol. The molecule has 0 fully saturated rings. The van der Waals surface area contributed by atoms with Crippen LogP contribution >= 0.6 is 0 Å². The van der Waals surface area contributed by atoms with Crippen LogP contribution in [0.4, 0.5) is 0 Å². The molecule has 21 heavy (non-hydrogen) atoms. The first-order valence-electron chi connectivity index (χ1n) is 6.47. The highest BCUT2D eigenvalue weighted by Crippen LogP contribution is 2.26. The number of carbonyl (C=O) groups is 1. The summed E-state index contributed by atoms with van der Waals surface area (Å²) in [5.41, 5.74) is 1.40. The molecule has 0 bridgehead atoms. The van der Waals surface area contributed by atoms with Crippen molar-refractivity contribution >= 4 is 16.8 Å². The summed E-state index contributed by atoms with van der Waals surface area (Å²) in [7, 11) is 1.60. The smallest absolute Gasteiger partial charge is 0.251 e. The Bertz CT molecular complexity index is 780. The van der Waals surface area contributed by atoms with Crippen molar-refractivity contribution in [3.63, 3.8) is 0 Å². The van der Waals surface area contributed by atoms with E-state index >= 15 is 0 Å². The van der Waals surface area contributed by atoms with E-state index in [4.69, 9.17) is 4.74 Å². The topological polar surface area (TPSA) is 64.1 Å². The van der Waals surface area contributed by atoms with Gasteiger partial charge < -0.3 is 10.1 Å². The van der Waals surface area contributed by atoms with E-state index in [2.05, 4.69) is 15.3 Å². The van der Waals surface area contributed by atoms with Gasteiger partial charge >= 0.3 is 0 Å². The summed E-state index contributed by atoms with van der Waals surface area (Å²) in [5, 5.41) is 3.42. The van der Waals surface area contributed by atoms with Crippen LogP contribution in [-0.2, 0) is 0 Å². The summed E-state index contributed by atoms with van der Waals surface area (Å²) < 4.78 is 5.78. The van der Waals surface area contributed by atoms with Crippen LogP contribution in [0.2, 0.25) is 0 Å². The van der Waals surface area contributed by atoms with Gasteiger partial charge in [0.05, 0.1) is 10.9 Å². The minimum absolute atomic E-state index is 0.131. The molecule has 0 spiro atoms. The molecule has 5 heteroatoms. The van der Waals surface area contributed by atoms with E-state index in [0.717, 1.165) is 10.9 Å². The second-order valence-electron chi connectivity index (χ2n) is 4.40. The zero-order chi connectivity index (χ0) is 14.7. The Morgan fingerprint density at radius 2 is 1.81 bits per heavy atom. The Hall–Kier alpha value is -2.95. The zero-order valence-corrected chi connectivity index (χ0v) is 11.4. The van der Waals surface area contributed by atoms with E-state index in [0.29, 0.717) is 17.2 Å². The number of hydrogen-bond donors (Lipinski definition) is 1. The highest BCUT2D eigenvalue weighted by Gasteiger charge is 2.07. The molecule has 0 aliphatic rings. The number of rotatable bonds is 3. The molecule has 1 N–H and O–H groups in total. The van der Waals surface area contributed by atoms with E-state index < -0.39 is 0 Å². The number of carbonyl (C=O) groups excluding carboxylic acids is 1. The summed E-state index contributed by atoms with van der Waals surface area (Å²) in [6.07, 6.45) is 1.47. The van der Waals surface area contributed by atoms with Gasteiger partial charge in [-0.3, -0.25) is 4.79 Å². The number of aromatic nitrogens is 2. The molecule has 0 radical (unpaired) electrons. The van der Waals surface area contributed by atoms with Crippen LogP contribution in [-0.4, -0.2) is 22.9 Å². The summed E-state index contributed by atoms with van der Waals surface area (Å²) in [4.78, 5) is 19.8. The third-order valence-electron chi connectivity index (χ3n) is 3.06. The molecule has 0 aliphatic carbocycles. The van der Waals surface area contributed by atoms with E-state index in [-0.39, 0.29) is 5.91 Å². The van der Waals surface area contributed by atoms with Gasteiger partial charge in [-0.1, -0.05) is 12.1 Å². The fourth-order valence-electron chi connectivity index (χ4n) is 1.99. The van der Waals surface area contributed by atoms with Gasteiger partial charge in [-0.15, -0.1) is 0 Å². The maximum absolute atomic E-state index is 11.5. The van der Waals surface area contributed by atoms with Crippen molar-refractivity contribution in [1.82, 2.24) is 15.3 Å². The predicted octanol–water partition coefficient (Wildman–Crippen LogP) is 2.78. The molecule has 5 nitrogen and oxygen atoms in total. The maximum atomic E-state index is 11.5. The maximum Gasteiger partial charge on any atom is 0.251 e. The van der Waals surface area contributed by atoms with Crippen molar-refractivity contribution in [2.45, 2.75) is 0 Å². The number of amides is 1. The molecule has 1 heterocycles. The Balaban J connectivity index is 1.90. The van der Waals surface area contributed by atoms with Gasteiger partial charge in [0.1, 0.15) is 12.1 Å².